The van der Waals surface area contributed by atoms with Crippen molar-refractivity contribution in [1.82, 2.24) is 10.3 Å². The summed E-state index contributed by atoms with van der Waals surface area (Å²) in [6.45, 7) is -0.482. The van der Waals surface area contributed by atoms with E-state index in [1.807, 2.05) is 0 Å². The molecule has 2 aromatic rings. The van der Waals surface area contributed by atoms with E-state index in [-0.39, 0.29) is 11.4 Å². The molecule has 1 heterocycles. The number of amides is 1. The number of pyridine rings is 1. The Morgan fingerprint density at radius 2 is 2.00 bits per heavy atom. The summed E-state index contributed by atoms with van der Waals surface area (Å²) in [6.07, 6.45) is -5.39. The number of hydrogen-bond donors (Lipinski definition) is 3. The fourth-order valence-electron chi connectivity index (χ4n) is 1.85. The number of fused-ring (bicyclic) bond motifs is 1. The minimum Gasteiger partial charge on any atom is -0.352 e. The number of nitrogens with two attached hydrogens (primary N) is 1. The molecule has 0 saturated heterocycles. The van der Waals surface area contributed by atoms with Crippen LogP contribution in [0.1, 0.15) is 16.8 Å². The van der Waals surface area contributed by atoms with Crippen LogP contribution in [0.3, 0.4) is 0 Å². The lowest BCUT2D eigenvalue weighted by Gasteiger charge is -2.11. The van der Waals surface area contributed by atoms with E-state index in [1.165, 1.54) is 6.07 Å². The van der Waals surface area contributed by atoms with Gasteiger partial charge in [0, 0.05) is 11.9 Å². The molecule has 112 valence electrons. The zero-order valence-corrected chi connectivity index (χ0v) is 10.9. The van der Waals surface area contributed by atoms with Crippen LogP contribution in [0.25, 0.3) is 10.9 Å². The second-order valence-corrected chi connectivity index (χ2v) is 4.34. The number of hydrazine groups is 1. The molecule has 0 saturated carbocycles. The van der Waals surface area contributed by atoms with E-state index in [9.17, 15) is 18.0 Å². The Morgan fingerprint density at radius 1 is 1.29 bits per heavy atom. The van der Waals surface area contributed by atoms with Crippen LogP contribution in [0.5, 0.6) is 0 Å². The summed E-state index contributed by atoms with van der Waals surface area (Å²) >= 11 is 0. The van der Waals surface area contributed by atoms with Crippen LogP contribution in [0.4, 0.5) is 19.0 Å². The predicted molar refractivity (Wildman–Crippen MR) is 72.6 cm³/mol. The number of anilines is 1. The quantitative estimate of drug-likeness (QED) is 0.597. The average molecular weight is 298 g/mol. The lowest BCUT2D eigenvalue weighted by molar-refractivity contribution is -0.132. The lowest BCUT2D eigenvalue weighted by atomic mass is 10.1. The molecule has 0 radical (unpaired) electrons. The molecule has 1 amide bonds. The smallest absolute Gasteiger partial charge is 0.352 e. The largest absolute Gasteiger partial charge is 0.390 e. The van der Waals surface area contributed by atoms with Crippen molar-refractivity contribution in [2.24, 2.45) is 5.84 Å². The third-order valence-corrected chi connectivity index (χ3v) is 2.80. The monoisotopic (exact) mass is 298 g/mol. The molecular formula is C13H13F3N4O. The molecule has 0 atom stereocenters. The Balaban J connectivity index is 2.25. The van der Waals surface area contributed by atoms with E-state index in [1.54, 1.807) is 24.3 Å². The maximum Gasteiger partial charge on any atom is 0.390 e. The van der Waals surface area contributed by atoms with E-state index in [0.29, 0.717) is 10.9 Å². The number of rotatable bonds is 4. The first-order valence-corrected chi connectivity index (χ1v) is 6.12. The van der Waals surface area contributed by atoms with Crippen LogP contribution in [-0.2, 0) is 0 Å². The van der Waals surface area contributed by atoms with Gasteiger partial charge in [-0.3, -0.25) is 4.79 Å². The summed E-state index contributed by atoms with van der Waals surface area (Å²) in [5.41, 5.74) is 3.06. The molecule has 0 fully saturated rings. The Labute approximate surface area is 118 Å². The van der Waals surface area contributed by atoms with Crippen molar-refractivity contribution < 1.29 is 18.0 Å². The SMILES string of the molecule is NNc1cc(C(=O)NCCC(F)(F)F)c2ccccc2n1. The molecule has 0 aliphatic heterocycles. The second kappa shape index (κ2) is 5.96. The number of hydrogen-bond acceptors (Lipinski definition) is 4. The molecule has 8 heteroatoms. The number of benzene rings is 1. The summed E-state index contributed by atoms with van der Waals surface area (Å²) in [5, 5.41) is 2.79. The Bertz CT molecular complexity index is 657. The molecule has 21 heavy (non-hydrogen) atoms. The predicted octanol–water partition coefficient (Wildman–Crippen LogP) is 2.20. The highest BCUT2D eigenvalue weighted by molar-refractivity contribution is 6.06. The third-order valence-electron chi connectivity index (χ3n) is 2.80. The van der Waals surface area contributed by atoms with Gasteiger partial charge >= 0.3 is 6.18 Å². The maximum atomic E-state index is 12.1. The van der Waals surface area contributed by atoms with Gasteiger partial charge in [0.25, 0.3) is 5.91 Å². The van der Waals surface area contributed by atoms with Crippen LogP contribution in [0.15, 0.2) is 30.3 Å². The number of nitrogens with zero attached hydrogens (tertiary/aromatic N) is 1. The van der Waals surface area contributed by atoms with Gasteiger partial charge in [0.2, 0.25) is 0 Å². The summed E-state index contributed by atoms with van der Waals surface area (Å²) in [5.74, 6) is 4.93. The number of carbonyl (C=O) groups excluding carboxylic acids is 1. The molecule has 1 aromatic carbocycles. The Kier molecular flexibility index (Phi) is 4.27. The number of aromatic nitrogens is 1. The van der Waals surface area contributed by atoms with Gasteiger partial charge < -0.3 is 10.7 Å². The Morgan fingerprint density at radius 3 is 2.67 bits per heavy atom. The van der Waals surface area contributed by atoms with Gasteiger partial charge in [-0.05, 0) is 12.1 Å². The number of para-hydroxylation sites is 1. The van der Waals surface area contributed by atoms with Gasteiger partial charge in [0.1, 0.15) is 5.82 Å². The summed E-state index contributed by atoms with van der Waals surface area (Å²) < 4.78 is 36.3. The highest BCUT2D eigenvalue weighted by Gasteiger charge is 2.26. The van der Waals surface area contributed by atoms with Gasteiger partial charge in [-0.1, -0.05) is 18.2 Å². The van der Waals surface area contributed by atoms with E-state index in [2.05, 4.69) is 15.7 Å². The van der Waals surface area contributed by atoms with E-state index in [0.717, 1.165) is 0 Å². The highest BCUT2D eigenvalue weighted by atomic mass is 19.4. The topological polar surface area (TPSA) is 80.0 Å². The first-order valence-electron chi connectivity index (χ1n) is 6.12. The fraction of sp³-hybridized carbons (Fsp3) is 0.231. The molecule has 5 nitrogen and oxygen atoms in total. The van der Waals surface area contributed by atoms with Crippen molar-refractivity contribution in [2.45, 2.75) is 12.6 Å². The fourth-order valence-corrected chi connectivity index (χ4v) is 1.85. The number of carbonyl (C=O) groups is 1. The average Bonchev–Trinajstić information content (AvgIpc) is 2.44. The van der Waals surface area contributed by atoms with E-state index < -0.39 is 25.0 Å². The Hall–Kier alpha value is -2.35. The first kappa shape index (κ1) is 15.0. The minimum atomic E-state index is -4.31. The van der Waals surface area contributed by atoms with Gasteiger partial charge in [-0.15, -0.1) is 0 Å². The van der Waals surface area contributed by atoms with Gasteiger partial charge in [-0.25, -0.2) is 10.8 Å². The van der Waals surface area contributed by atoms with Crippen molar-refractivity contribution in [1.29, 1.82) is 0 Å². The maximum absolute atomic E-state index is 12.1. The number of halogens is 3. The lowest BCUT2D eigenvalue weighted by Crippen LogP contribution is -2.28. The summed E-state index contributed by atoms with van der Waals surface area (Å²) in [7, 11) is 0. The van der Waals surface area contributed by atoms with Crippen molar-refractivity contribution in [3.8, 4) is 0 Å². The third kappa shape index (κ3) is 3.82. The summed E-state index contributed by atoms with van der Waals surface area (Å²) in [4.78, 5) is 16.2. The van der Waals surface area contributed by atoms with Crippen LogP contribution >= 0.6 is 0 Å². The molecule has 1 aromatic heterocycles. The van der Waals surface area contributed by atoms with Crippen LogP contribution in [0.2, 0.25) is 0 Å². The standard InChI is InChI=1S/C13H13F3N4O/c14-13(15,16)5-6-18-12(21)9-7-11(20-17)19-10-4-2-1-3-8(9)10/h1-4,7H,5-6,17H2,(H,18,21)(H,19,20). The van der Waals surface area contributed by atoms with Gasteiger partial charge in [0.05, 0.1) is 17.5 Å². The summed E-state index contributed by atoms with van der Waals surface area (Å²) in [6, 6.07) is 8.20. The van der Waals surface area contributed by atoms with E-state index >= 15 is 0 Å². The zero-order chi connectivity index (χ0) is 15.5. The number of alkyl halides is 3. The molecule has 0 spiro atoms. The molecule has 2 rings (SSSR count). The van der Waals surface area contributed by atoms with Crippen molar-refractivity contribution >= 4 is 22.6 Å². The molecule has 4 N–H and O–H groups in total. The number of nitrogens with one attached hydrogen (secondary N) is 2. The highest BCUT2D eigenvalue weighted by Crippen LogP contribution is 2.21. The number of nitrogen functional groups attached to an aromatic ring is 1. The molecule has 0 aliphatic carbocycles. The van der Waals surface area contributed by atoms with Crippen LogP contribution < -0.4 is 16.6 Å². The minimum absolute atomic E-state index is 0.218. The second-order valence-electron chi connectivity index (χ2n) is 4.34. The zero-order valence-electron chi connectivity index (χ0n) is 10.9. The van der Waals surface area contributed by atoms with Crippen molar-refractivity contribution in [3.63, 3.8) is 0 Å². The van der Waals surface area contributed by atoms with Gasteiger partial charge in [-0.2, -0.15) is 13.2 Å². The van der Waals surface area contributed by atoms with Crippen LogP contribution in [0, 0.1) is 0 Å². The molecular weight excluding hydrogens is 285 g/mol. The van der Waals surface area contributed by atoms with Crippen molar-refractivity contribution in [2.75, 3.05) is 12.0 Å². The normalized spacial score (nSPS) is 11.4. The van der Waals surface area contributed by atoms with Crippen molar-refractivity contribution in [3.05, 3.63) is 35.9 Å². The van der Waals surface area contributed by atoms with Crippen LogP contribution in [-0.4, -0.2) is 23.6 Å². The first-order chi connectivity index (χ1) is 9.90. The van der Waals surface area contributed by atoms with E-state index in [4.69, 9.17) is 5.84 Å². The molecule has 0 unspecified atom stereocenters. The molecule has 0 bridgehead atoms. The molecule has 0 aliphatic rings. The van der Waals surface area contributed by atoms with Gasteiger partial charge in [0.15, 0.2) is 0 Å².